The molecule has 2 aliphatic rings. The zero-order valence-electron chi connectivity index (χ0n) is 48.3. The summed E-state index contributed by atoms with van der Waals surface area (Å²) in [6, 6.07) is 99.6. The number of para-hydroxylation sites is 2. The average Bonchev–Trinajstić information content (AvgIpc) is 1.51. The van der Waals surface area contributed by atoms with Gasteiger partial charge in [0.1, 0.15) is 0 Å². The molecule has 1 aliphatic carbocycles. The number of anilines is 3. The third-order valence-corrected chi connectivity index (χ3v) is 20.3. The summed E-state index contributed by atoms with van der Waals surface area (Å²) in [7, 11) is 0. The van der Waals surface area contributed by atoms with Gasteiger partial charge in [-0.25, -0.2) is 19.9 Å². The number of nitrogens with zero attached hydrogens (tertiary/aromatic N) is 5. The molecule has 14 aromatic carbocycles. The Bertz CT molecular complexity index is 5970. The minimum absolute atomic E-state index is 0. The van der Waals surface area contributed by atoms with Gasteiger partial charge in [-0.05, 0) is 132 Å². The number of aromatic nitrogens is 4. The van der Waals surface area contributed by atoms with Crippen molar-refractivity contribution in [3.05, 3.63) is 295 Å². The molecule has 0 bridgehead atoms. The average molecular weight is 1220 g/mol. The van der Waals surface area contributed by atoms with Gasteiger partial charge < -0.3 is 0 Å². The van der Waals surface area contributed by atoms with Gasteiger partial charge in [-0.2, -0.15) is 0 Å². The van der Waals surface area contributed by atoms with E-state index in [1.807, 2.05) is 35.6 Å². The highest BCUT2D eigenvalue weighted by Gasteiger charge is 2.30. The molecule has 0 amide bonds. The van der Waals surface area contributed by atoms with Crippen LogP contribution < -0.4 is 4.90 Å². The largest absolute Gasteiger partial charge is 0.278 e. The SMILES string of the molecule is C.Clc1nc(-c2ccc3c(c2)sc2ccccc23)c2ccccc2n1.[B].c1ccc2c3c(ccc2c1)Cc1cccc2cccc-3c12.c1ccc2c3c(ccc2c1)N(c1nc(-c2ccc4c(c2)sc2ccccc24)c2ccccc2n1)c1cccc2cccc-3c12. The molecular formula is C82H52BClN5S2. The molecule has 9 heteroatoms. The van der Waals surface area contributed by atoms with E-state index in [1.54, 1.807) is 11.3 Å². The molecule has 0 fully saturated rings. The number of fused-ring (bicyclic) bond motifs is 16. The first kappa shape index (κ1) is 55.7. The molecule has 5 heterocycles. The number of hydrogen-bond donors (Lipinski definition) is 0. The Kier molecular flexibility index (Phi) is 13.7. The van der Waals surface area contributed by atoms with Crippen molar-refractivity contribution in [3.8, 4) is 44.8 Å². The molecule has 0 atom stereocenters. The normalized spacial score (nSPS) is 12.0. The molecule has 4 aromatic heterocycles. The monoisotopic (exact) mass is 1220 g/mol. The van der Waals surface area contributed by atoms with E-state index in [-0.39, 0.29) is 21.1 Å². The zero-order valence-corrected chi connectivity index (χ0v) is 50.7. The van der Waals surface area contributed by atoms with Crippen molar-refractivity contribution in [2.75, 3.05) is 4.90 Å². The maximum atomic E-state index is 6.14. The summed E-state index contributed by atoms with van der Waals surface area (Å²) in [5.74, 6) is 0.675. The Morgan fingerprint density at radius 2 is 0.802 bits per heavy atom. The van der Waals surface area contributed by atoms with Crippen molar-refractivity contribution in [2.45, 2.75) is 13.8 Å². The van der Waals surface area contributed by atoms with Crippen LogP contribution in [0.3, 0.4) is 0 Å². The molecule has 0 saturated carbocycles. The molecule has 0 saturated heterocycles. The third-order valence-electron chi connectivity index (χ3n) is 17.9. The topological polar surface area (TPSA) is 54.8 Å². The van der Waals surface area contributed by atoms with Crippen molar-refractivity contribution >= 4 is 165 Å². The second-order valence-corrected chi connectivity index (χ2v) is 25.4. The lowest BCUT2D eigenvalue weighted by atomic mass is 9.81. The quantitative estimate of drug-likeness (QED) is 0.130. The summed E-state index contributed by atoms with van der Waals surface area (Å²) in [4.78, 5) is 21.7. The van der Waals surface area contributed by atoms with Gasteiger partial charge in [0.15, 0.2) is 0 Å². The first-order valence-corrected chi connectivity index (χ1v) is 31.9. The molecule has 5 nitrogen and oxygen atoms in total. The van der Waals surface area contributed by atoms with Crippen LogP contribution in [-0.2, 0) is 6.42 Å². The highest BCUT2D eigenvalue weighted by molar-refractivity contribution is 7.26. The number of benzene rings is 14. The van der Waals surface area contributed by atoms with Crippen molar-refractivity contribution in [3.63, 3.8) is 0 Å². The van der Waals surface area contributed by atoms with Gasteiger partial charge >= 0.3 is 0 Å². The van der Waals surface area contributed by atoms with E-state index in [2.05, 4.69) is 270 Å². The van der Waals surface area contributed by atoms with Gasteiger partial charge in [0.05, 0.1) is 33.8 Å². The Balaban J connectivity index is 0.000000119. The molecule has 427 valence electrons. The van der Waals surface area contributed by atoms with Gasteiger partial charge in [-0.15, -0.1) is 22.7 Å². The minimum Gasteiger partial charge on any atom is -0.278 e. The molecule has 91 heavy (non-hydrogen) atoms. The number of hydrogen-bond acceptors (Lipinski definition) is 7. The molecule has 20 rings (SSSR count). The lowest BCUT2D eigenvalue weighted by Gasteiger charge is -2.33. The van der Waals surface area contributed by atoms with Gasteiger partial charge in [0.2, 0.25) is 11.2 Å². The number of thiophene rings is 2. The molecule has 3 radical (unpaired) electrons. The van der Waals surface area contributed by atoms with Crippen molar-refractivity contribution < 1.29 is 0 Å². The maximum Gasteiger partial charge on any atom is 0.235 e. The number of rotatable bonds is 3. The summed E-state index contributed by atoms with van der Waals surface area (Å²) >= 11 is 9.78. The maximum absolute atomic E-state index is 6.14. The summed E-state index contributed by atoms with van der Waals surface area (Å²) in [5, 5.41) is 17.9. The fraction of sp³-hybridized carbons (Fsp3) is 0.0244. The summed E-state index contributed by atoms with van der Waals surface area (Å²) in [6.07, 6.45) is 1.04. The Labute approximate surface area is 540 Å². The van der Waals surface area contributed by atoms with Crippen molar-refractivity contribution in [1.29, 1.82) is 0 Å². The predicted octanol–water partition coefficient (Wildman–Crippen LogP) is 23.6. The van der Waals surface area contributed by atoms with E-state index in [0.717, 1.165) is 62.1 Å². The van der Waals surface area contributed by atoms with Crippen LogP contribution in [0.5, 0.6) is 0 Å². The molecule has 1 aliphatic heterocycles. The van der Waals surface area contributed by atoms with E-state index in [1.165, 1.54) is 117 Å². The standard InChI is InChI=1S/C40H23N3S.C21H14.C20H11ClN2S.CH4.B/c1-2-12-27-24(9-1)20-22-34-38(27)31-15-7-10-25-11-8-17-33(37(25)31)43(34)40-41-32-16-5-3-14-30(32)39(42-40)26-19-21-29-28-13-4-6-18-35(28)44-36(29)23-26;1-2-9-18-14(5-1)11-12-17-13-16-8-3-6-15-7-4-10-19(20(15)16)21(17)18;21-20-22-16-7-3-1-6-15(16)19(23-20)12-9-10-14-13-5-2-4-8-17(13)24-18(14)11-12;;/h1-23H;1-12H,13H2;1-11H;1H4;. The van der Waals surface area contributed by atoms with E-state index >= 15 is 0 Å². The smallest absolute Gasteiger partial charge is 0.235 e. The van der Waals surface area contributed by atoms with E-state index < -0.39 is 0 Å². The van der Waals surface area contributed by atoms with Crippen LogP contribution in [0.25, 0.3) is 150 Å². The second kappa shape index (κ2) is 22.5. The van der Waals surface area contributed by atoms with Crippen molar-refractivity contribution in [2.24, 2.45) is 0 Å². The molecule has 0 unspecified atom stereocenters. The van der Waals surface area contributed by atoms with E-state index in [4.69, 9.17) is 21.6 Å². The van der Waals surface area contributed by atoms with Crippen LogP contribution in [0.15, 0.2) is 279 Å². The zero-order chi connectivity index (χ0) is 58.7. The highest BCUT2D eigenvalue weighted by atomic mass is 35.5. The molecular weight excluding hydrogens is 1170 g/mol. The molecule has 0 N–H and O–H groups in total. The molecule has 18 aromatic rings. The van der Waals surface area contributed by atoms with Crippen LogP contribution in [-0.4, -0.2) is 28.3 Å². The first-order chi connectivity index (χ1) is 44.0. The van der Waals surface area contributed by atoms with E-state index in [0.29, 0.717) is 5.95 Å². The lowest BCUT2D eigenvalue weighted by Crippen LogP contribution is -2.18. The van der Waals surface area contributed by atoms with Crippen LogP contribution >= 0.6 is 34.3 Å². The highest BCUT2D eigenvalue weighted by Crippen LogP contribution is 2.53. The Morgan fingerprint density at radius 3 is 1.44 bits per heavy atom. The van der Waals surface area contributed by atoms with Crippen LogP contribution in [0.2, 0.25) is 5.28 Å². The van der Waals surface area contributed by atoms with Crippen LogP contribution in [0.4, 0.5) is 17.3 Å². The Hall–Kier alpha value is -10.6. The van der Waals surface area contributed by atoms with Crippen molar-refractivity contribution in [1.82, 2.24) is 19.9 Å². The minimum atomic E-state index is 0. The Morgan fingerprint density at radius 1 is 0.330 bits per heavy atom. The summed E-state index contributed by atoms with van der Waals surface area (Å²) in [5.41, 5.74) is 16.1. The first-order valence-electron chi connectivity index (χ1n) is 29.9. The van der Waals surface area contributed by atoms with Gasteiger partial charge in [-0.1, -0.05) is 238 Å². The summed E-state index contributed by atoms with van der Waals surface area (Å²) in [6.45, 7) is 0. The fourth-order valence-electron chi connectivity index (χ4n) is 14.0. The molecule has 0 spiro atoms. The van der Waals surface area contributed by atoms with Gasteiger partial charge in [-0.3, -0.25) is 4.90 Å². The number of halogens is 1. The van der Waals surface area contributed by atoms with Crippen LogP contribution in [0, 0.1) is 0 Å². The van der Waals surface area contributed by atoms with E-state index in [9.17, 15) is 0 Å². The summed E-state index contributed by atoms with van der Waals surface area (Å²) < 4.78 is 5.13. The van der Waals surface area contributed by atoms with Crippen LogP contribution in [0.1, 0.15) is 18.6 Å². The third kappa shape index (κ3) is 9.20. The lowest BCUT2D eigenvalue weighted by molar-refractivity contribution is 1.11. The predicted molar refractivity (Wildman–Crippen MR) is 392 cm³/mol. The van der Waals surface area contributed by atoms with Gasteiger partial charge in [0, 0.05) is 81.6 Å². The second-order valence-electron chi connectivity index (χ2n) is 22.9. The fourth-order valence-corrected chi connectivity index (χ4v) is 16.4. The van der Waals surface area contributed by atoms with Gasteiger partial charge in [0.25, 0.3) is 0 Å².